The molecule has 0 atom stereocenters. The Morgan fingerprint density at radius 1 is 1.32 bits per heavy atom. The molecule has 1 heterocycles. The number of ether oxygens (including phenoxy) is 2. The van der Waals surface area contributed by atoms with Gasteiger partial charge in [0.15, 0.2) is 12.6 Å². The number of methoxy groups -OCH3 is 1. The van der Waals surface area contributed by atoms with E-state index >= 15 is 0 Å². The fourth-order valence-corrected chi connectivity index (χ4v) is 1.87. The molecule has 6 nitrogen and oxygen atoms in total. The molecule has 2 rings (SSSR count). The topological polar surface area (TPSA) is 81.8 Å². The summed E-state index contributed by atoms with van der Waals surface area (Å²) in [4.78, 5) is 8.10. The lowest BCUT2D eigenvalue weighted by atomic mass is 10.3. The molecule has 0 amide bonds. The van der Waals surface area contributed by atoms with Gasteiger partial charge in [-0.25, -0.2) is 18.8 Å². The van der Waals surface area contributed by atoms with E-state index < -0.39 is 13.0 Å². The highest BCUT2D eigenvalue weighted by atomic mass is 127. The van der Waals surface area contributed by atoms with E-state index in [0.29, 0.717) is 11.3 Å². The van der Waals surface area contributed by atoms with Gasteiger partial charge in [0.25, 0.3) is 6.43 Å². The van der Waals surface area contributed by atoms with E-state index in [4.69, 9.17) is 15.2 Å². The van der Waals surface area contributed by atoms with Crippen molar-refractivity contribution < 1.29 is 18.3 Å². The van der Waals surface area contributed by atoms with Gasteiger partial charge in [-0.15, -0.1) is 24.0 Å². The number of aliphatic imine (C=N–C) groups is 1. The van der Waals surface area contributed by atoms with Gasteiger partial charge in [-0.3, -0.25) is 0 Å². The predicted octanol–water partition coefficient (Wildman–Crippen LogP) is 3.28. The maximum absolute atomic E-state index is 12.2. The molecule has 1 aromatic carbocycles. The standard InChI is InChI=1S/C16H18F2N4O2.HI/c1-23-13-6-2-5-12(8-13)22-16(19)21-9-11-4-3-7-20-15(11)24-10-14(17)18;/h2-8,14H,9-10H2,1H3,(H3,19,21,22);1H. The third-order valence-corrected chi connectivity index (χ3v) is 2.96. The number of benzene rings is 1. The fourth-order valence-electron chi connectivity index (χ4n) is 1.87. The van der Waals surface area contributed by atoms with Crippen LogP contribution in [0.15, 0.2) is 47.6 Å². The second-order valence-electron chi connectivity index (χ2n) is 4.73. The van der Waals surface area contributed by atoms with Gasteiger partial charge in [0.2, 0.25) is 5.88 Å². The monoisotopic (exact) mass is 464 g/mol. The van der Waals surface area contributed by atoms with Crippen LogP contribution in [0.25, 0.3) is 0 Å². The quantitative estimate of drug-likeness (QED) is 0.374. The molecule has 3 N–H and O–H groups in total. The van der Waals surface area contributed by atoms with Crippen molar-refractivity contribution in [3.63, 3.8) is 0 Å². The van der Waals surface area contributed by atoms with Crippen molar-refractivity contribution in [3.8, 4) is 11.6 Å². The van der Waals surface area contributed by atoms with Crippen LogP contribution >= 0.6 is 24.0 Å². The summed E-state index contributed by atoms with van der Waals surface area (Å²) in [6.45, 7) is -0.569. The van der Waals surface area contributed by atoms with Gasteiger partial charge >= 0.3 is 0 Å². The Morgan fingerprint density at radius 2 is 2.12 bits per heavy atom. The van der Waals surface area contributed by atoms with Gasteiger partial charge in [0, 0.05) is 23.5 Å². The number of alkyl halides is 2. The number of hydrogen-bond acceptors (Lipinski definition) is 4. The van der Waals surface area contributed by atoms with Crippen molar-refractivity contribution in [2.45, 2.75) is 13.0 Å². The predicted molar refractivity (Wildman–Crippen MR) is 103 cm³/mol. The van der Waals surface area contributed by atoms with Crippen molar-refractivity contribution in [1.82, 2.24) is 4.98 Å². The van der Waals surface area contributed by atoms with Crippen LogP contribution in [0.4, 0.5) is 14.5 Å². The fraction of sp³-hybridized carbons (Fsp3) is 0.250. The van der Waals surface area contributed by atoms with Crippen LogP contribution in [-0.4, -0.2) is 31.1 Å². The lowest BCUT2D eigenvalue weighted by Crippen LogP contribution is -2.22. The maximum atomic E-state index is 12.2. The maximum Gasteiger partial charge on any atom is 0.272 e. The Bertz CT molecular complexity index is 701. The summed E-state index contributed by atoms with van der Waals surface area (Å²) in [5.41, 5.74) is 7.12. The van der Waals surface area contributed by atoms with Gasteiger partial charge in [-0.05, 0) is 18.2 Å². The van der Waals surface area contributed by atoms with E-state index in [1.807, 2.05) is 12.1 Å². The molecule has 0 aliphatic rings. The lowest BCUT2D eigenvalue weighted by Gasteiger charge is -2.09. The Morgan fingerprint density at radius 3 is 2.84 bits per heavy atom. The number of rotatable bonds is 7. The first-order valence-electron chi connectivity index (χ1n) is 7.14. The van der Waals surface area contributed by atoms with E-state index in [1.165, 1.54) is 6.20 Å². The zero-order valence-electron chi connectivity index (χ0n) is 13.5. The molecule has 136 valence electrons. The second-order valence-corrected chi connectivity index (χ2v) is 4.73. The molecule has 0 fully saturated rings. The van der Waals surface area contributed by atoms with Crippen LogP contribution in [-0.2, 0) is 6.54 Å². The Balaban J connectivity index is 0.00000312. The van der Waals surface area contributed by atoms with Gasteiger partial charge in [-0.2, -0.15) is 0 Å². The van der Waals surface area contributed by atoms with Crippen molar-refractivity contribution in [2.24, 2.45) is 10.7 Å². The van der Waals surface area contributed by atoms with Crippen LogP contribution in [0.3, 0.4) is 0 Å². The molecular formula is C16H19F2IN4O2. The minimum absolute atomic E-state index is 0. The highest BCUT2D eigenvalue weighted by Crippen LogP contribution is 2.18. The number of guanidine groups is 1. The van der Waals surface area contributed by atoms with Gasteiger partial charge in [0.1, 0.15) is 5.75 Å². The summed E-state index contributed by atoms with van der Waals surface area (Å²) >= 11 is 0. The average Bonchev–Trinajstić information content (AvgIpc) is 2.59. The van der Waals surface area contributed by atoms with E-state index in [0.717, 1.165) is 5.69 Å². The Kier molecular flexibility index (Phi) is 8.89. The highest BCUT2D eigenvalue weighted by molar-refractivity contribution is 14.0. The van der Waals surface area contributed by atoms with E-state index in [1.54, 1.807) is 31.4 Å². The van der Waals surface area contributed by atoms with Gasteiger partial charge < -0.3 is 20.5 Å². The molecule has 0 saturated heterocycles. The number of nitrogens with zero attached hydrogens (tertiary/aromatic N) is 2. The van der Waals surface area contributed by atoms with Crippen molar-refractivity contribution in [1.29, 1.82) is 0 Å². The summed E-state index contributed by atoms with van der Waals surface area (Å²) in [5, 5.41) is 2.92. The van der Waals surface area contributed by atoms with Crippen LogP contribution < -0.4 is 20.5 Å². The van der Waals surface area contributed by atoms with Crippen molar-refractivity contribution >= 4 is 35.6 Å². The Labute approximate surface area is 161 Å². The number of hydrogen-bond donors (Lipinski definition) is 2. The van der Waals surface area contributed by atoms with Crippen molar-refractivity contribution in [2.75, 3.05) is 19.0 Å². The number of nitrogens with two attached hydrogens (primary N) is 1. The Hall–Kier alpha value is -2.17. The second kappa shape index (κ2) is 10.6. The third-order valence-electron chi connectivity index (χ3n) is 2.96. The third kappa shape index (κ3) is 7.08. The van der Waals surface area contributed by atoms with E-state index in [9.17, 15) is 8.78 Å². The molecule has 2 aromatic rings. The molecule has 25 heavy (non-hydrogen) atoms. The lowest BCUT2D eigenvalue weighted by molar-refractivity contribution is 0.0791. The minimum atomic E-state index is -2.57. The molecule has 0 aliphatic heterocycles. The molecule has 0 unspecified atom stereocenters. The number of halogens is 3. The van der Waals surface area contributed by atoms with Crippen LogP contribution in [0, 0.1) is 0 Å². The zero-order chi connectivity index (χ0) is 17.4. The SMILES string of the molecule is COc1cccc(NC(N)=NCc2cccnc2OCC(F)F)c1.I. The van der Waals surface area contributed by atoms with Crippen LogP contribution in [0.2, 0.25) is 0 Å². The largest absolute Gasteiger partial charge is 0.497 e. The number of nitrogens with one attached hydrogen (secondary N) is 1. The molecule has 0 spiro atoms. The molecule has 0 saturated carbocycles. The molecule has 0 radical (unpaired) electrons. The van der Waals surface area contributed by atoms with Crippen LogP contribution in [0.1, 0.15) is 5.56 Å². The number of pyridine rings is 1. The molecule has 0 bridgehead atoms. The first kappa shape index (κ1) is 20.9. The minimum Gasteiger partial charge on any atom is -0.497 e. The molecule has 1 aromatic heterocycles. The summed E-state index contributed by atoms with van der Waals surface area (Å²) < 4.78 is 34.6. The molecule has 9 heteroatoms. The number of aromatic nitrogens is 1. The summed E-state index contributed by atoms with van der Waals surface area (Å²) in [7, 11) is 1.57. The van der Waals surface area contributed by atoms with Gasteiger partial charge in [0.05, 0.1) is 13.7 Å². The summed E-state index contributed by atoms with van der Waals surface area (Å²) in [6, 6.07) is 10.6. The van der Waals surface area contributed by atoms with Crippen LogP contribution in [0.5, 0.6) is 11.6 Å². The van der Waals surface area contributed by atoms with E-state index in [2.05, 4.69) is 15.3 Å². The average molecular weight is 464 g/mol. The smallest absolute Gasteiger partial charge is 0.272 e. The summed E-state index contributed by atoms with van der Waals surface area (Å²) in [5.74, 6) is 0.977. The summed E-state index contributed by atoms with van der Waals surface area (Å²) in [6.07, 6.45) is -1.10. The first-order valence-corrected chi connectivity index (χ1v) is 7.14. The first-order chi connectivity index (χ1) is 11.6. The highest BCUT2D eigenvalue weighted by Gasteiger charge is 2.08. The van der Waals surface area contributed by atoms with Gasteiger partial charge in [-0.1, -0.05) is 12.1 Å². The van der Waals surface area contributed by atoms with Crippen molar-refractivity contribution in [3.05, 3.63) is 48.2 Å². The normalized spacial score (nSPS) is 11.0. The number of anilines is 1. The molecular weight excluding hydrogens is 445 g/mol. The zero-order valence-corrected chi connectivity index (χ0v) is 15.8. The molecule has 0 aliphatic carbocycles. The van der Waals surface area contributed by atoms with E-state index in [-0.39, 0.29) is 42.4 Å².